The lowest BCUT2D eigenvalue weighted by molar-refractivity contribution is 0.00480. The van der Waals surface area contributed by atoms with Gasteiger partial charge in [-0.05, 0) is 80.5 Å². The van der Waals surface area contributed by atoms with Gasteiger partial charge in [-0.2, -0.15) is 0 Å². The predicted octanol–water partition coefficient (Wildman–Crippen LogP) is 5.57. The number of aryl methyl sites for hydroxylation is 1. The third-order valence-corrected chi connectivity index (χ3v) is 4.96. The summed E-state index contributed by atoms with van der Waals surface area (Å²) < 4.78 is 32.3. The fraction of sp³-hybridized carbons (Fsp3) is 0.455. The van der Waals surface area contributed by atoms with E-state index in [4.69, 9.17) is 4.74 Å². The van der Waals surface area contributed by atoms with Crippen LogP contribution in [0.3, 0.4) is 0 Å². The third kappa shape index (κ3) is 5.80. The average Bonchev–Trinajstić information content (AvgIpc) is 2.68. The van der Waals surface area contributed by atoms with Crippen LogP contribution in [0.25, 0.3) is 0 Å². The first-order chi connectivity index (χ1) is 12.7. The van der Waals surface area contributed by atoms with Crippen molar-refractivity contribution in [3.63, 3.8) is 0 Å². The summed E-state index contributed by atoms with van der Waals surface area (Å²) in [7, 11) is 0. The van der Waals surface area contributed by atoms with E-state index in [0.29, 0.717) is 0 Å². The summed E-state index contributed by atoms with van der Waals surface area (Å²) in [6.45, 7) is 2.12. The molecule has 0 radical (unpaired) electrons. The Balaban J connectivity index is 1.52. The van der Waals surface area contributed by atoms with Crippen LogP contribution in [0, 0.1) is 11.6 Å². The maximum Gasteiger partial charge on any atom is 0.152 e. The van der Waals surface area contributed by atoms with Gasteiger partial charge in [0, 0.05) is 13.1 Å². The lowest BCUT2D eigenvalue weighted by atomic mass is 10.1. The largest absolute Gasteiger partial charge is 0.475 e. The molecule has 3 rings (SSSR count). The van der Waals surface area contributed by atoms with E-state index in [-0.39, 0.29) is 17.9 Å². The van der Waals surface area contributed by atoms with E-state index in [9.17, 15) is 8.78 Å². The smallest absolute Gasteiger partial charge is 0.152 e. The van der Waals surface area contributed by atoms with Crippen LogP contribution in [0.5, 0.6) is 5.75 Å². The molecular weight excluding hydrogens is 332 g/mol. The predicted molar refractivity (Wildman–Crippen MR) is 100 cm³/mol. The summed E-state index contributed by atoms with van der Waals surface area (Å²) in [6, 6.07) is 13.0. The molecule has 2 nitrogen and oxygen atoms in total. The number of piperidine rings is 1. The van der Waals surface area contributed by atoms with Crippen molar-refractivity contribution in [2.45, 2.75) is 51.2 Å². The van der Waals surface area contributed by atoms with Gasteiger partial charge in [0.05, 0.1) is 0 Å². The van der Waals surface area contributed by atoms with E-state index in [0.717, 1.165) is 44.5 Å². The minimum Gasteiger partial charge on any atom is -0.475 e. The van der Waals surface area contributed by atoms with E-state index < -0.39 is 0 Å². The lowest BCUT2D eigenvalue weighted by Crippen LogP contribution is -2.42. The first-order valence-corrected chi connectivity index (χ1v) is 9.61. The lowest BCUT2D eigenvalue weighted by Gasteiger charge is -2.34. The molecule has 2 aromatic carbocycles. The molecule has 0 saturated carbocycles. The maximum atomic E-state index is 13.1. The number of hydrogen-bond donors (Lipinski definition) is 0. The number of nitrogens with zero attached hydrogens (tertiary/aromatic N) is 1. The Labute approximate surface area is 154 Å². The van der Waals surface area contributed by atoms with Crippen molar-refractivity contribution in [1.82, 2.24) is 4.90 Å². The highest BCUT2D eigenvalue weighted by molar-refractivity contribution is 5.22. The van der Waals surface area contributed by atoms with E-state index in [1.54, 1.807) is 12.1 Å². The van der Waals surface area contributed by atoms with Gasteiger partial charge in [0.1, 0.15) is 17.4 Å². The van der Waals surface area contributed by atoms with Crippen molar-refractivity contribution in [2.24, 2.45) is 0 Å². The minimum absolute atomic E-state index is 0.0361. The van der Waals surface area contributed by atoms with Crippen molar-refractivity contribution in [3.05, 3.63) is 65.7 Å². The molecule has 1 unspecified atom stereocenters. The normalized spacial score (nSPS) is 16.4. The van der Waals surface area contributed by atoms with Crippen LogP contribution >= 0.6 is 0 Å². The van der Waals surface area contributed by atoms with Gasteiger partial charge in [-0.1, -0.05) is 18.6 Å². The molecule has 1 saturated heterocycles. The summed E-state index contributed by atoms with van der Waals surface area (Å²) in [6.07, 6.45) is 7.71. The SMILES string of the molecule is Fc1ccc(CCCCC(Oc2ccc(F)cc2)N2CCCCC2)cc1. The first-order valence-electron chi connectivity index (χ1n) is 9.61. The topological polar surface area (TPSA) is 12.5 Å². The molecule has 26 heavy (non-hydrogen) atoms. The molecule has 1 aliphatic heterocycles. The van der Waals surface area contributed by atoms with E-state index in [1.165, 1.54) is 49.1 Å². The number of benzene rings is 2. The van der Waals surface area contributed by atoms with Crippen molar-refractivity contribution < 1.29 is 13.5 Å². The van der Waals surface area contributed by atoms with Crippen molar-refractivity contribution in [2.75, 3.05) is 13.1 Å². The Morgan fingerprint density at radius 2 is 1.42 bits per heavy atom. The molecule has 0 spiro atoms. The van der Waals surface area contributed by atoms with Gasteiger partial charge in [-0.3, -0.25) is 4.90 Å². The number of likely N-dealkylation sites (tertiary alicyclic amines) is 1. The van der Waals surface area contributed by atoms with Crippen LogP contribution in [0.15, 0.2) is 48.5 Å². The van der Waals surface area contributed by atoms with Crippen LogP contribution in [0.2, 0.25) is 0 Å². The quantitative estimate of drug-likeness (QED) is 0.572. The second-order valence-electron chi connectivity index (χ2n) is 7.00. The number of unbranched alkanes of at least 4 members (excludes halogenated alkanes) is 1. The Kier molecular flexibility index (Phi) is 7.01. The Morgan fingerprint density at radius 1 is 0.808 bits per heavy atom. The molecule has 4 heteroatoms. The van der Waals surface area contributed by atoms with Crippen LogP contribution in [-0.2, 0) is 6.42 Å². The van der Waals surface area contributed by atoms with Gasteiger partial charge in [0.2, 0.25) is 0 Å². The molecule has 2 aromatic rings. The molecular formula is C22H27F2NO. The second kappa shape index (κ2) is 9.67. The van der Waals surface area contributed by atoms with Crippen molar-refractivity contribution >= 4 is 0 Å². The molecule has 1 atom stereocenters. The standard InChI is InChI=1S/C22H27F2NO/c23-19-10-8-18(9-11-19)6-2-3-7-22(25-16-4-1-5-17-25)26-21-14-12-20(24)13-15-21/h8-15,22H,1-7,16-17H2. The molecule has 0 amide bonds. The van der Waals surface area contributed by atoms with Gasteiger partial charge >= 0.3 is 0 Å². The van der Waals surface area contributed by atoms with Crippen LogP contribution in [0.4, 0.5) is 8.78 Å². The molecule has 1 heterocycles. The second-order valence-corrected chi connectivity index (χ2v) is 7.00. The fourth-order valence-corrected chi connectivity index (χ4v) is 3.49. The molecule has 1 fully saturated rings. The average molecular weight is 359 g/mol. The monoisotopic (exact) mass is 359 g/mol. The summed E-state index contributed by atoms with van der Waals surface area (Å²) >= 11 is 0. The van der Waals surface area contributed by atoms with Crippen molar-refractivity contribution in [3.8, 4) is 5.75 Å². The van der Waals surface area contributed by atoms with Gasteiger partial charge in [-0.15, -0.1) is 0 Å². The van der Waals surface area contributed by atoms with Gasteiger partial charge in [0.25, 0.3) is 0 Å². The van der Waals surface area contributed by atoms with E-state index >= 15 is 0 Å². The zero-order valence-corrected chi connectivity index (χ0v) is 15.2. The molecule has 140 valence electrons. The highest BCUT2D eigenvalue weighted by Gasteiger charge is 2.21. The number of rotatable bonds is 8. The number of ether oxygens (including phenoxy) is 1. The van der Waals surface area contributed by atoms with Crippen LogP contribution < -0.4 is 4.74 Å². The number of hydrogen-bond acceptors (Lipinski definition) is 2. The fourth-order valence-electron chi connectivity index (χ4n) is 3.49. The summed E-state index contributed by atoms with van der Waals surface area (Å²) in [5.74, 6) is 0.290. The van der Waals surface area contributed by atoms with Gasteiger partial charge in [-0.25, -0.2) is 8.78 Å². The van der Waals surface area contributed by atoms with Crippen LogP contribution in [-0.4, -0.2) is 24.2 Å². The van der Waals surface area contributed by atoms with Gasteiger partial charge in [0.15, 0.2) is 6.23 Å². The Hall–Kier alpha value is -1.94. The van der Waals surface area contributed by atoms with Crippen molar-refractivity contribution in [1.29, 1.82) is 0 Å². The maximum absolute atomic E-state index is 13.1. The molecule has 0 bridgehead atoms. The number of halogens is 2. The van der Waals surface area contributed by atoms with Crippen LogP contribution in [0.1, 0.15) is 44.1 Å². The summed E-state index contributed by atoms with van der Waals surface area (Å²) in [5.41, 5.74) is 1.17. The molecule has 0 N–H and O–H groups in total. The third-order valence-electron chi connectivity index (χ3n) is 4.96. The summed E-state index contributed by atoms with van der Waals surface area (Å²) in [4.78, 5) is 2.41. The minimum atomic E-state index is -0.244. The zero-order chi connectivity index (χ0) is 18.2. The summed E-state index contributed by atoms with van der Waals surface area (Å²) in [5, 5.41) is 0. The molecule has 0 aromatic heterocycles. The Bertz CT molecular complexity index is 651. The highest BCUT2D eigenvalue weighted by atomic mass is 19.1. The molecule has 0 aliphatic carbocycles. The van der Waals surface area contributed by atoms with E-state index in [2.05, 4.69) is 4.90 Å². The highest BCUT2D eigenvalue weighted by Crippen LogP contribution is 2.21. The first kappa shape index (κ1) is 18.8. The van der Waals surface area contributed by atoms with E-state index in [1.807, 2.05) is 12.1 Å². The molecule has 1 aliphatic rings. The van der Waals surface area contributed by atoms with Gasteiger partial charge < -0.3 is 4.74 Å². The zero-order valence-electron chi connectivity index (χ0n) is 15.2. The Morgan fingerprint density at radius 3 is 2.08 bits per heavy atom.